The van der Waals surface area contributed by atoms with E-state index in [4.69, 9.17) is 4.74 Å². The maximum Gasteiger partial charge on any atom is 0.327 e. The van der Waals surface area contributed by atoms with Crippen LogP contribution in [0.3, 0.4) is 0 Å². The van der Waals surface area contributed by atoms with Gasteiger partial charge in [-0.1, -0.05) is 31.0 Å². The lowest BCUT2D eigenvalue weighted by Gasteiger charge is -2.22. The molecule has 2 rings (SSSR count). The predicted molar refractivity (Wildman–Crippen MR) is 72.9 cm³/mol. The van der Waals surface area contributed by atoms with E-state index in [2.05, 4.69) is 5.32 Å². The first-order valence-electron chi connectivity index (χ1n) is 6.93. The molecule has 0 saturated heterocycles. The lowest BCUT2D eigenvalue weighted by atomic mass is 10.0. The highest BCUT2D eigenvalue weighted by molar-refractivity contribution is 5.78. The number of carbonyl (C=O) groups excluding carboxylic acids is 1. The van der Waals surface area contributed by atoms with Crippen LogP contribution in [-0.2, 0) is 9.53 Å². The maximum atomic E-state index is 12.1. The first-order chi connectivity index (χ1) is 9.22. The van der Waals surface area contributed by atoms with Crippen molar-refractivity contribution in [3.05, 3.63) is 29.8 Å². The highest BCUT2D eigenvalue weighted by Gasteiger charge is 2.28. The molecule has 1 aromatic carbocycles. The number of ether oxygens (including phenoxy) is 1. The van der Waals surface area contributed by atoms with Gasteiger partial charge in [-0.05, 0) is 25.8 Å². The number of nitrogens with one attached hydrogen (secondary N) is 1. The first-order valence-corrected chi connectivity index (χ1v) is 6.93. The lowest BCUT2D eigenvalue weighted by Crippen LogP contribution is -2.36. The number of phenolic OH excluding ortho intramolecular Hbond substituents is 1. The standard InChI is InChI=1S/C15H21NO3/c1-2-19-15(18)14(16-11-7-3-4-8-11)12-9-5-6-10-13(12)17/h5-6,9-11,14,16-17H,2-4,7-8H2,1H3. The molecule has 0 heterocycles. The van der Waals surface area contributed by atoms with E-state index >= 15 is 0 Å². The van der Waals surface area contributed by atoms with Gasteiger partial charge in [0.15, 0.2) is 0 Å². The van der Waals surface area contributed by atoms with Gasteiger partial charge in [-0.25, -0.2) is 4.79 Å². The van der Waals surface area contributed by atoms with Crippen LogP contribution in [0.25, 0.3) is 0 Å². The van der Waals surface area contributed by atoms with Crippen LogP contribution in [0.2, 0.25) is 0 Å². The van der Waals surface area contributed by atoms with Gasteiger partial charge in [-0.3, -0.25) is 5.32 Å². The van der Waals surface area contributed by atoms with Crippen molar-refractivity contribution in [2.24, 2.45) is 0 Å². The Morgan fingerprint density at radius 1 is 1.42 bits per heavy atom. The summed E-state index contributed by atoms with van der Waals surface area (Å²) in [5.41, 5.74) is 0.591. The van der Waals surface area contributed by atoms with Crippen molar-refractivity contribution < 1.29 is 14.6 Å². The molecule has 104 valence electrons. The van der Waals surface area contributed by atoms with E-state index in [1.807, 2.05) is 6.07 Å². The number of phenols is 1. The largest absolute Gasteiger partial charge is 0.508 e. The fourth-order valence-corrected chi connectivity index (χ4v) is 2.57. The minimum absolute atomic E-state index is 0.131. The molecule has 1 aromatic rings. The summed E-state index contributed by atoms with van der Waals surface area (Å²) >= 11 is 0. The van der Waals surface area contributed by atoms with Gasteiger partial charge >= 0.3 is 5.97 Å². The fourth-order valence-electron chi connectivity index (χ4n) is 2.57. The Balaban J connectivity index is 2.18. The van der Waals surface area contributed by atoms with Crippen LogP contribution in [0.1, 0.15) is 44.2 Å². The molecule has 0 aromatic heterocycles. The number of carbonyl (C=O) groups is 1. The molecule has 19 heavy (non-hydrogen) atoms. The first kappa shape index (κ1) is 13.9. The molecule has 0 aliphatic heterocycles. The molecule has 0 spiro atoms. The smallest absolute Gasteiger partial charge is 0.327 e. The number of benzene rings is 1. The second kappa shape index (κ2) is 6.57. The molecular formula is C15H21NO3. The number of hydrogen-bond donors (Lipinski definition) is 2. The molecule has 4 nitrogen and oxygen atoms in total. The third-order valence-corrected chi connectivity index (χ3v) is 3.53. The van der Waals surface area contributed by atoms with E-state index in [1.165, 1.54) is 12.8 Å². The zero-order valence-electron chi connectivity index (χ0n) is 11.3. The summed E-state index contributed by atoms with van der Waals surface area (Å²) in [6.07, 6.45) is 4.52. The van der Waals surface area contributed by atoms with Crippen molar-refractivity contribution in [3.63, 3.8) is 0 Å². The van der Waals surface area contributed by atoms with Crippen molar-refractivity contribution in [1.82, 2.24) is 5.32 Å². The number of rotatable bonds is 5. The normalized spacial score (nSPS) is 17.3. The summed E-state index contributed by atoms with van der Waals surface area (Å²) in [4.78, 5) is 12.1. The Bertz CT molecular complexity index is 427. The average Bonchev–Trinajstić information content (AvgIpc) is 2.90. The molecule has 2 N–H and O–H groups in total. The van der Waals surface area contributed by atoms with Gasteiger partial charge < -0.3 is 9.84 Å². The van der Waals surface area contributed by atoms with Crippen LogP contribution >= 0.6 is 0 Å². The summed E-state index contributed by atoms with van der Waals surface area (Å²) in [5.74, 6) is -0.193. The Hall–Kier alpha value is -1.55. The molecule has 1 aliphatic rings. The van der Waals surface area contributed by atoms with E-state index < -0.39 is 6.04 Å². The highest BCUT2D eigenvalue weighted by atomic mass is 16.5. The highest BCUT2D eigenvalue weighted by Crippen LogP contribution is 2.28. The van der Waals surface area contributed by atoms with Gasteiger partial charge in [0.2, 0.25) is 0 Å². The second-order valence-corrected chi connectivity index (χ2v) is 4.89. The Kier molecular flexibility index (Phi) is 4.80. The molecular weight excluding hydrogens is 242 g/mol. The predicted octanol–water partition coefficient (Wildman–Crippen LogP) is 2.53. The van der Waals surface area contributed by atoms with Crippen LogP contribution in [0.5, 0.6) is 5.75 Å². The molecule has 1 atom stereocenters. The van der Waals surface area contributed by atoms with Crippen molar-refractivity contribution in [3.8, 4) is 5.75 Å². The summed E-state index contributed by atoms with van der Waals surface area (Å²) in [5, 5.41) is 13.2. The van der Waals surface area contributed by atoms with Gasteiger partial charge in [-0.2, -0.15) is 0 Å². The zero-order chi connectivity index (χ0) is 13.7. The monoisotopic (exact) mass is 263 g/mol. The van der Waals surface area contributed by atoms with Crippen LogP contribution in [0, 0.1) is 0 Å². The van der Waals surface area contributed by atoms with Gasteiger partial charge in [0.05, 0.1) is 6.61 Å². The fraction of sp³-hybridized carbons (Fsp3) is 0.533. The molecule has 1 fully saturated rings. The molecule has 1 unspecified atom stereocenters. The van der Waals surface area contributed by atoms with E-state index in [1.54, 1.807) is 25.1 Å². The Morgan fingerprint density at radius 2 is 2.11 bits per heavy atom. The second-order valence-electron chi connectivity index (χ2n) is 4.89. The summed E-state index contributed by atoms with van der Waals surface area (Å²) in [6, 6.07) is 6.67. The van der Waals surface area contributed by atoms with Crippen molar-refractivity contribution in [1.29, 1.82) is 0 Å². The zero-order valence-corrected chi connectivity index (χ0v) is 11.3. The number of aromatic hydroxyl groups is 1. The lowest BCUT2D eigenvalue weighted by molar-refractivity contribution is -0.146. The summed E-state index contributed by atoms with van der Waals surface area (Å²) in [7, 11) is 0. The van der Waals surface area contributed by atoms with Crippen LogP contribution in [0.4, 0.5) is 0 Å². The van der Waals surface area contributed by atoms with Gasteiger partial charge in [0.1, 0.15) is 11.8 Å². The van der Waals surface area contributed by atoms with Gasteiger partial charge in [0.25, 0.3) is 0 Å². The molecule has 0 bridgehead atoms. The minimum atomic E-state index is -0.579. The molecule has 0 radical (unpaired) electrons. The molecule has 0 amide bonds. The Labute approximate surface area is 113 Å². The van der Waals surface area contributed by atoms with Crippen molar-refractivity contribution in [2.45, 2.75) is 44.7 Å². The quantitative estimate of drug-likeness (QED) is 0.801. The molecule has 1 saturated carbocycles. The SMILES string of the molecule is CCOC(=O)C(NC1CCCC1)c1ccccc1O. The Morgan fingerprint density at radius 3 is 2.74 bits per heavy atom. The minimum Gasteiger partial charge on any atom is -0.508 e. The van der Waals surface area contributed by atoms with Gasteiger partial charge in [-0.15, -0.1) is 0 Å². The van der Waals surface area contributed by atoms with Crippen LogP contribution in [0.15, 0.2) is 24.3 Å². The number of hydrogen-bond acceptors (Lipinski definition) is 4. The van der Waals surface area contributed by atoms with Crippen molar-refractivity contribution in [2.75, 3.05) is 6.61 Å². The number of esters is 1. The van der Waals surface area contributed by atoms with E-state index in [9.17, 15) is 9.90 Å². The molecule has 4 heteroatoms. The van der Waals surface area contributed by atoms with E-state index in [0.29, 0.717) is 18.2 Å². The average molecular weight is 263 g/mol. The third kappa shape index (κ3) is 3.47. The summed E-state index contributed by atoms with van der Waals surface area (Å²) in [6.45, 7) is 2.13. The number of para-hydroxylation sites is 1. The van der Waals surface area contributed by atoms with Gasteiger partial charge in [0, 0.05) is 11.6 Å². The third-order valence-electron chi connectivity index (χ3n) is 3.53. The van der Waals surface area contributed by atoms with E-state index in [-0.39, 0.29) is 11.7 Å². The maximum absolute atomic E-state index is 12.1. The van der Waals surface area contributed by atoms with Crippen molar-refractivity contribution >= 4 is 5.97 Å². The molecule has 1 aliphatic carbocycles. The summed E-state index contributed by atoms with van der Waals surface area (Å²) < 4.78 is 5.11. The van der Waals surface area contributed by atoms with Crippen LogP contribution < -0.4 is 5.32 Å². The van der Waals surface area contributed by atoms with E-state index in [0.717, 1.165) is 12.8 Å². The topological polar surface area (TPSA) is 58.6 Å². The van der Waals surface area contributed by atoms with Crippen LogP contribution in [-0.4, -0.2) is 23.7 Å².